The number of thiophene rings is 1. The summed E-state index contributed by atoms with van der Waals surface area (Å²) in [5, 5.41) is 1.61. The summed E-state index contributed by atoms with van der Waals surface area (Å²) in [6, 6.07) is 9.17. The van der Waals surface area contributed by atoms with Gasteiger partial charge in [-0.3, -0.25) is 0 Å². The van der Waals surface area contributed by atoms with E-state index < -0.39 is 16.0 Å². The molecule has 3 rings (SSSR count). The maximum absolute atomic E-state index is 13.3. The van der Waals surface area contributed by atoms with E-state index in [1.54, 1.807) is 5.38 Å². The third-order valence-electron chi connectivity index (χ3n) is 4.56. The first-order chi connectivity index (χ1) is 12.4. The number of anilines is 1. The van der Waals surface area contributed by atoms with E-state index in [0.29, 0.717) is 6.54 Å². The summed E-state index contributed by atoms with van der Waals surface area (Å²) in [5.41, 5.74) is 1.99. The minimum atomic E-state index is -3.78. The molecule has 26 heavy (non-hydrogen) atoms. The monoisotopic (exact) mass is 394 g/mol. The van der Waals surface area contributed by atoms with Gasteiger partial charge in [0, 0.05) is 26.3 Å². The summed E-state index contributed by atoms with van der Waals surface area (Å²) in [5.74, 6) is -0.621. The molecule has 1 unspecified atom stereocenters. The van der Waals surface area contributed by atoms with E-state index >= 15 is 0 Å². The van der Waals surface area contributed by atoms with Crippen molar-refractivity contribution in [2.45, 2.75) is 23.8 Å². The molecule has 1 saturated heterocycles. The van der Waals surface area contributed by atoms with Crippen LogP contribution in [0.4, 0.5) is 5.69 Å². The highest BCUT2D eigenvalue weighted by atomic mass is 32.2. The van der Waals surface area contributed by atoms with Crippen LogP contribution in [0, 0.1) is 0 Å². The van der Waals surface area contributed by atoms with E-state index in [9.17, 15) is 13.2 Å². The van der Waals surface area contributed by atoms with Gasteiger partial charge in [0.15, 0.2) is 0 Å². The normalized spacial score (nSPS) is 18.0. The maximum Gasteiger partial charge on any atom is 0.349 e. The maximum atomic E-state index is 13.3. The van der Waals surface area contributed by atoms with Gasteiger partial charge in [0.25, 0.3) is 0 Å². The molecule has 1 aromatic heterocycles. The van der Waals surface area contributed by atoms with Crippen molar-refractivity contribution < 1.29 is 17.9 Å². The Hall–Kier alpha value is -1.90. The highest BCUT2D eigenvalue weighted by molar-refractivity contribution is 7.89. The van der Waals surface area contributed by atoms with Crippen molar-refractivity contribution in [1.29, 1.82) is 0 Å². The van der Waals surface area contributed by atoms with Gasteiger partial charge in [0.1, 0.15) is 9.77 Å². The fourth-order valence-electron chi connectivity index (χ4n) is 3.24. The SMILES string of the molecule is COC(=O)c1sccc1S(=O)(=O)N1CCCC1c1cccc(N(C)C)c1. The number of hydrogen-bond acceptors (Lipinski definition) is 6. The molecule has 1 fully saturated rings. The number of rotatable bonds is 5. The average molecular weight is 395 g/mol. The van der Waals surface area contributed by atoms with E-state index in [1.165, 1.54) is 17.5 Å². The second-order valence-electron chi connectivity index (χ2n) is 6.37. The van der Waals surface area contributed by atoms with Crippen LogP contribution in [0.3, 0.4) is 0 Å². The summed E-state index contributed by atoms with van der Waals surface area (Å²) in [4.78, 5) is 14.1. The third-order valence-corrected chi connectivity index (χ3v) is 7.54. The lowest BCUT2D eigenvalue weighted by atomic mass is 10.0. The molecule has 140 valence electrons. The van der Waals surface area contributed by atoms with Crippen molar-refractivity contribution in [2.24, 2.45) is 0 Å². The number of methoxy groups -OCH3 is 1. The van der Waals surface area contributed by atoms with Gasteiger partial charge in [0.05, 0.1) is 13.2 Å². The van der Waals surface area contributed by atoms with Gasteiger partial charge in [-0.05, 0) is 42.0 Å². The summed E-state index contributed by atoms with van der Waals surface area (Å²) < 4.78 is 32.7. The molecule has 0 bridgehead atoms. The number of carbonyl (C=O) groups excluding carboxylic acids is 1. The number of nitrogens with zero attached hydrogens (tertiary/aromatic N) is 2. The minimum absolute atomic E-state index is 0.0324. The minimum Gasteiger partial charge on any atom is -0.465 e. The molecule has 0 amide bonds. The molecular formula is C18H22N2O4S2. The molecule has 1 aromatic carbocycles. The molecule has 2 aromatic rings. The topological polar surface area (TPSA) is 66.9 Å². The Labute approximate surface area is 158 Å². The van der Waals surface area contributed by atoms with E-state index in [2.05, 4.69) is 0 Å². The van der Waals surface area contributed by atoms with Crippen LogP contribution < -0.4 is 4.90 Å². The zero-order valence-corrected chi connectivity index (χ0v) is 16.6. The summed E-state index contributed by atoms with van der Waals surface area (Å²) in [7, 11) is 1.38. The zero-order chi connectivity index (χ0) is 18.9. The Bertz CT molecular complexity index is 905. The van der Waals surface area contributed by atoms with Crippen LogP contribution in [0.15, 0.2) is 40.6 Å². The van der Waals surface area contributed by atoms with E-state index in [0.717, 1.165) is 35.4 Å². The Morgan fingerprint density at radius 1 is 1.31 bits per heavy atom. The van der Waals surface area contributed by atoms with Crippen molar-refractivity contribution in [3.8, 4) is 0 Å². The average Bonchev–Trinajstić information content (AvgIpc) is 3.31. The van der Waals surface area contributed by atoms with Crippen LogP contribution in [0.5, 0.6) is 0 Å². The van der Waals surface area contributed by atoms with Gasteiger partial charge in [-0.2, -0.15) is 4.31 Å². The van der Waals surface area contributed by atoms with E-state index in [1.807, 2.05) is 43.3 Å². The first-order valence-corrected chi connectivity index (χ1v) is 10.6. The lowest BCUT2D eigenvalue weighted by Gasteiger charge is -2.25. The van der Waals surface area contributed by atoms with Gasteiger partial charge in [0.2, 0.25) is 10.0 Å². The standard InChI is InChI=1S/C18H22N2O4S2/c1-19(2)14-7-4-6-13(12-14)15-8-5-10-20(15)26(22,23)16-9-11-25-17(16)18(21)24-3/h4,6-7,9,11-12,15H,5,8,10H2,1-3H3. The molecule has 0 aliphatic carbocycles. The number of benzene rings is 1. The molecule has 0 spiro atoms. The van der Waals surface area contributed by atoms with Gasteiger partial charge in [-0.1, -0.05) is 12.1 Å². The summed E-state index contributed by atoms with van der Waals surface area (Å²) >= 11 is 1.08. The van der Waals surface area contributed by atoms with Crippen LogP contribution >= 0.6 is 11.3 Å². The third kappa shape index (κ3) is 3.36. The predicted molar refractivity (Wildman–Crippen MR) is 102 cm³/mol. The largest absolute Gasteiger partial charge is 0.465 e. The molecule has 8 heteroatoms. The van der Waals surface area contributed by atoms with Crippen molar-refractivity contribution in [3.05, 3.63) is 46.2 Å². The number of sulfonamides is 1. The number of esters is 1. The second-order valence-corrected chi connectivity index (χ2v) is 9.14. The summed E-state index contributed by atoms with van der Waals surface area (Å²) in [6.45, 7) is 0.440. The number of hydrogen-bond donors (Lipinski definition) is 0. The van der Waals surface area contributed by atoms with Crippen LogP contribution in [0.1, 0.15) is 34.1 Å². The van der Waals surface area contributed by atoms with E-state index in [-0.39, 0.29) is 15.8 Å². The number of carbonyl (C=O) groups is 1. The molecule has 2 heterocycles. The molecular weight excluding hydrogens is 372 g/mol. The first kappa shape index (κ1) is 18.9. The molecule has 0 N–H and O–H groups in total. The Morgan fingerprint density at radius 3 is 2.77 bits per heavy atom. The van der Waals surface area contributed by atoms with Crippen LogP contribution in [0.2, 0.25) is 0 Å². The Balaban J connectivity index is 1.99. The molecule has 1 aliphatic rings. The fourth-order valence-corrected chi connectivity index (χ4v) is 6.23. The zero-order valence-electron chi connectivity index (χ0n) is 15.0. The van der Waals surface area contributed by atoms with Crippen molar-refractivity contribution in [1.82, 2.24) is 4.31 Å². The van der Waals surface area contributed by atoms with Gasteiger partial charge < -0.3 is 9.64 Å². The lowest BCUT2D eigenvalue weighted by Crippen LogP contribution is -2.31. The van der Waals surface area contributed by atoms with Crippen molar-refractivity contribution in [3.63, 3.8) is 0 Å². The molecule has 1 atom stereocenters. The van der Waals surface area contributed by atoms with Crippen LogP contribution in [-0.4, -0.2) is 46.4 Å². The lowest BCUT2D eigenvalue weighted by molar-refractivity contribution is 0.0602. The fraction of sp³-hybridized carbons (Fsp3) is 0.389. The predicted octanol–water partition coefficient (Wildman–Crippen LogP) is 3.13. The van der Waals surface area contributed by atoms with Crippen LogP contribution in [0.25, 0.3) is 0 Å². The van der Waals surface area contributed by atoms with Gasteiger partial charge in [-0.15, -0.1) is 11.3 Å². The quantitative estimate of drug-likeness (QED) is 0.729. The summed E-state index contributed by atoms with van der Waals surface area (Å²) in [6.07, 6.45) is 1.54. The second kappa shape index (κ2) is 7.38. The van der Waals surface area contributed by atoms with Gasteiger partial charge in [-0.25, -0.2) is 13.2 Å². The van der Waals surface area contributed by atoms with Crippen LogP contribution in [-0.2, 0) is 14.8 Å². The smallest absolute Gasteiger partial charge is 0.349 e. The Morgan fingerprint density at radius 2 is 2.08 bits per heavy atom. The highest BCUT2D eigenvalue weighted by Crippen LogP contribution is 2.39. The first-order valence-electron chi connectivity index (χ1n) is 8.31. The molecule has 0 saturated carbocycles. The number of ether oxygens (including phenoxy) is 1. The molecule has 1 aliphatic heterocycles. The molecule has 6 nitrogen and oxygen atoms in total. The Kier molecular flexibility index (Phi) is 5.36. The van der Waals surface area contributed by atoms with Crippen molar-refractivity contribution >= 4 is 33.0 Å². The van der Waals surface area contributed by atoms with Gasteiger partial charge >= 0.3 is 5.97 Å². The highest BCUT2D eigenvalue weighted by Gasteiger charge is 2.38. The van der Waals surface area contributed by atoms with E-state index in [4.69, 9.17) is 4.74 Å². The van der Waals surface area contributed by atoms with Crippen molar-refractivity contribution in [2.75, 3.05) is 32.6 Å². The molecule has 0 radical (unpaired) electrons.